The van der Waals surface area contributed by atoms with Crippen molar-refractivity contribution < 1.29 is 9.53 Å². The van der Waals surface area contributed by atoms with Crippen molar-refractivity contribution in [1.82, 2.24) is 29.1 Å². The Hall–Kier alpha value is -4.01. The SMILES string of the molecule is Cc1nnc2c(NCCCCCC(=O)OC(C)(C)C)nc3cc(-c4nc5ccccc5n4C)ccc3n12. The summed E-state index contributed by atoms with van der Waals surface area (Å²) >= 11 is 0. The van der Waals surface area contributed by atoms with Crippen molar-refractivity contribution in [3.63, 3.8) is 0 Å². The van der Waals surface area contributed by atoms with Crippen LogP contribution in [0.15, 0.2) is 42.5 Å². The first-order valence-electron chi connectivity index (χ1n) is 12.7. The predicted octanol–water partition coefficient (Wildman–Crippen LogP) is 5.45. The second kappa shape index (κ2) is 9.80. The van der Waals surface area contributed by atoms with Crippen LogP contribution < -0.4 is 5.32 Å². The monoisotopic (exact) mass is 499 g/mol. The van der Waals surface area contributed by atoms with Gasteiger partial charge in [-0.15, -0.1) is 10.2 Å². The number of aromatic nitrogens is 6. The van der Waals surface area contributed by atoms with Gasteiger partial charge >= 0.3 is 5.97 Å². The van der Waals surface area contributed by atoms with Gasteiger partial charge in [0.2, 0.25) is 5.65 Å². The number of nitrogens with one attached hydrogen (secondary N) is 1. The number of aryl methyl sites for hydroxylation is 2. The molecular formula is C28H33N7O2. The molecule has 5 rings (SSSR count). The minimum absolute atomic E-state index is 0.145. The Morgan fingerprint density at radius 1 is 0.973 bits per heavy atom. The molecule has 0 saturated carbocycles. The lowest BCUT2D eigenvalue weighted by atomic mass is 10.1. The van der Waals surface area contributed by atoms with Crippen molar-refractivity contribution in [2.24, 2.45) is 7.05 Å². The molecule has 0 saturated heterocycles. The highest BCUT2D eigenvalue weighted by molar-refractivity contribution is 5.88. The van der Waals surface area contributed by atoms with Crippen molar-refractivity contribution in [2.45, 2.75) is 59.0 Å². The third-order valence-electron chi connectivity index (χ3n) is 6.30. The van der Waals surface area contributed by atoms with E-state index in [1.165, 1.54) is 0 Å². The lowest BCUT2D eigenvalue weighted by Gasteiger charge is -2.19. The van der Waals surface area contributed by atoms with Crippen LogP contribution in [0.4, 0.5) is 5.82 Å². The molecule has 0 spiro atoms. The number of carbonyl (C=O) groups is 1. The molecule has 0 atom stereocenters. The zero-order valence-corrected chi connectivity index (χ0v) is 22.1. The maximum absolute atomic E-state index is 11.9. The number of unbranched alkanes of at least 4 members (excludes halogenated alkanes) is 2. The Morgan fingerprint density at radius 2 is 1.78 bits per heavy atom. The molecule has 1 N–H and O–H groups in total. The van der Waals surface area contributed by atoms with Crippen LogP contribution in [0.2, 0.25) is 0 Å². The number of hydrogen-bond donors (Lipinski definition) is 1. The van der Waals surface area contributed by atoms with Crippen molar-refractivity contribution in [3.05, 3.63) is 48.3 Å². The van der Waals surface area contributed by atoms with Gasteiger partial charge in [0.15, 0.2) is 5.82 Å². The highest BCUT2D eigenvalue weighted by atomic mass is 16.6. The lowest BCUT2D eigenvalue weighted by Crippen LogP contribution is -2.23. The molecule has 0 fully saturated rings. The Kier molecular flexibility index (Phi) is 6.54. The Morgan fingerprint density at radius 3 is 2.57 bits per heavy atom. The van der Waals surface area contributed by atoms with E-state index in [9.17, 15) is 4.79 Å². The van der Waals surface area contributed by atoms with Crippen molar-refractivity contribution in [2.75, 3.05) is 11.9 Å². The number of rotatable bonds is 8. The van der Waals surface area contributed by atoms with Crippen molar-refractivity contribution in [1.29, 1.82) is 0 Å². The number of hydrogen-bond acceptors (Lipinski definition) is 7. The van der Waals surface area contributed by atoms with Gasteiger partial charge in [0, 0.05) is 25.6 Å². The molecule has 3 aromatic heterocycles. The fraction of sp³-hybridized carbons (Fsp3) is 0.393. The van der Waals surface area contributed by atoms with Gasteiger partial charge in [0.25, 0.3) is 0 Å². The first kappa shape index (κ1) is 24.7. The summed E-state index contributed by atoms with van der Waals surface area (Å²) in [6.07, 6.45) is 3.05. The summed E-state index contributed by atoms with van der Waals surface area (Å²) in [4.78, 5) is 21.7. The van der Waals surface area contributed by atoms with Gasteiger partial charge in [-0.2, -0.15) is 0 Å². The molecule has 5 aromatic rings. The normalized spacial score (nSPS) is 12.0. The maximum atomic E-state index is 11.9. The number of benzene rings is 2. The van der Waals surface area contributed by atoms with E-state index in [2.05, 4.69) is 44.3 Å². The van der Waals surface area contributed by atoms with Crippen LogP contribution in [0.1, 0.15) is 52.3 Å². The molecule has 2 aromatic carbocycles. The Labute approximate surface area is 215 Å². The van der Waals surface area contributed by atoms with Crippen LogP contribution in [0.5, 0.6) is 0 Å². The van der Waals surface area contributed by atoms with Crippen LogP contribution in [0, 0.1) is 6.92 Å². The molecule has 192 valence electrons. The zero-order valence-electron chi connectivity index (χ0n) is 22.1. The first-order chi connectivity index (χ1) is 17.7. The van der Waals surface area contributed by atoms with Crippen molar-refractivity contribution in [3.8, 4) is 11.4 Å². The highest BCUT2D eigenvalue weighted by Crippen LogP contribution is 2.28. The van der Waals surface area contributed by atoms with Gasteiger partial charge < -0.3 is 14.6 Å². The van der Waals surface area contributed by atoms with E-state index in [4.69, 9.17) is 14.7 Å². The summed E-state index contributed by atoms with van der Waals surface area (Å²) in [5.41, 5.74) is 5.10. The van der Waals surface area contributed by atoms with Gasteiger partial charge in [0.05, 0.1) is 22.1 Å². The number of para-hydroxylation sites is 2. The summed E-state index contributed by atoms with van der Waals surface area (Å²) in [7, 11) is 2.03. The Balaban J connectivity index is 1.35. The molecule has 3 heterocycles. The van der Waals surface area contributed by atoms with Gasteiger partial charge in [-0.3, -0.25) is 9.20 Å². The standard InChI is InChI=1S/C28H33N7O2/c1-18-32-33-27-25(29-16-10-6-7-13-24(36)37-28(2,3)4)30-21-17-19(14-15-23(21)35(18)27)26-31-20-11-8-9-12-22(20)34(26)5/h8-9,11-12,14-15,17H,6-7,10,13,16H2,1-5H3,(H,29,30). The van der Waals surface area contributed by atoms with Crippen LogP contribution in [0.3, 0.4) is 0 Å². The predicted molar refractivity (Wildman–Crippen MR) is 146 cm³/mol. The second-order valence-corrected chi connectivity index (χ2v) is 10.4. The molecule has 0 aliphatic heterocycles. The molecule has 9 heteroatoms. The largest absolute Gasteiger partial charge is 0.460 e. The zero-order chi connectivity index (χ0) is 26.2. The Bertz CT molecular complexity index is 1590. The van der Waals surface area contributed by atoms with Gasteiger partial charge in [-0.25, -0.2) is 9.97 Å². The number of anilines is 1. The summed E-state index contributed by atoms with van der Waals surface area (Å²) in [6.45, 7) is 8.33. The number of esters is 1. The second-order valence-electron chi connectivity index (χ2n) is 10.4. The molecule has 9 nitrogen and oxygen atoms in total. The lowest BCUT2D eigenvalue weighted by molar-refractivity contribution is -0.154. The molecule has 0 aliphatic rings. The van der Waals surface area contributed by atoms with Crippen LogP contribution in [-0.4, -0.2) is 47.2 Å². The number of fused-ring (bicyclic) bond motifs is 4. The molecule has 0 aliphatic carbocycles. The van der Waals surface area contributed by atoms with Crippen LogP contribution in [0.25, 0.3) is 39.1 Å². The first-order valence-corrected chi connectivity index (χ1v) is 12.7. The smallest absolute Gasteiger partial charge is 0.306 e. The third-order valence-corrected chi connectivity index (χ3v) is 6.30. The minimum atomic E-state index is -0.439. The summed E-state index contributed by atoms with van der Waals surface area (Å²) in [5, 5.41) is 12.1. The highest BCUT2D eigenvalue weighted by Gasteiger charge is 2.17. The summed E-state index contributed by atoms with van der Waals surface area (Å²) < 4.78 is 9.52. The fourth-order valence-electron chi connectivity index (χ4n) is 4.61. The quantitative estimate of drug-likeness (QED) is 0.224. The van der Waals surface area contributed by atoms with Gasteiger partial charge in [0.1, 0.15) is 17.2 Å². The van der Waals surface area contributed by atoms with Gasteiger partial charge in [-0.05, 0) is 70.9 Å². The maximum Gasteiger partial charge on any atom is 0.306 e. The number of nitrogens with zero attached hydrogens (tertiary/aromatic N) is 6. The molecule has 37 heavy (non-hydrogen) atoms. The average molecular weight is 500 g/mol. The van der Waals surface area contributed by atoms with E-state index >= 15 is 0 Å². The minimum Gasteiger partial charge on any atom is -0.460 e. The van der Waals surface area contributed by atoms with E-state index in [0.29, 0.717) is 17.9 Å². The molecule has 0 radical (unpaired) electrons. The fourth-order valence-corrected chi connectivity index (χ4v) is 4.61. The summed E-state index contributed by atoms with van der Waals surface area (Å²) in [6, 6.07) is 14.3. The van der Waals surface area contributed by atoms with Crippen LogP contribution in [-0.2, 0) is 16.6 Å². The number of imidazole rings is 1. The average Bonchev–Trinajstić information content (AvgIpc) is 3.40. The molecular weight excluding hydrogens is 466 g/mol. The van der Waals surface area contributed by atoms with E-state index < -0.39 is 5.60 Å². The van der Waals surface area contributed by atoms with Gasteiger partial charge in [-0.1, -0.05) is 18.6 Å². The summed E-state index contributed by atoms with van der Waals surface area (Å²) in [5.74, 6) is 2.25. The van der Waals surface area contributed by atoms with E-state index in [0.717, 1.165) is 65.1 Å². The van der Waals surface area contributed by atoms with Crippen molar-refractivity contribution >= 4 is 39.5 Å². The number of ether oxygens (including phenoxy) is 1. The van der Waals surface area contributed by atoms with Crippen LogP contribution >= 0.6 is 0 Å². The third kappa shape index (κ3) is 5.12. The topological polar surface area (TPSA) is 99.2 Å². The molecule has 0 bridgehead atoms. The van der Waals surface area contributed by atoms with E-state index in [1.54, 1.807) is 0 Å². The van der Waals surface area contributed by atoms with E-state index in [1.807, 2.05) is 57.3 Å². The molecule has 0 unspecified atom stereocenters. The number of carbonyl (C=O) groups excluding carboxylic acids is 1. The van der Waals surface area contributed by atoms with E-state index in [-0.39, 0.29) is 5.97 Å². The molecule has 0 amide bonds.